The molecule has 3 aromatic rings. The summed E-state index contributed by atoms with van der Waals surface area (Å²) >= 11 is 0. The maximum absolute atomic E-state index is 12.9. The number of hydrogen-bond acceptors (Lipinski definition) is 3. The van der Waals surface area contributed by atoms with Gasteiger partial charge in [0.05, 0.1) is 11.0 Å². The van der Waals surface area contributed by atoms with E-state index in [-0.39, 0.29) is 12.5 Å². The van der Waals surface area contributed by atoms with E-state index in [1.807, 2.05) is 39.8 Å². The van der Waals surface area contributed by atoms with E-state index >= 15 is 0 Å². The van der Waals surface area contributed by atoms with Crippen LogP contribution in [0.2, 0.25) is 0 Å². The van der Waals surface area contributed by atoms with Gasteiger partial charge in [0.15, 0.2) is 0 Å². The van der Waals surface area contributed by atoms with Gasteiger partial charge in [-0.2, -0.15) is 0 Å². The van der Waals surface area contributed by atoms with Crippen LogP contribution in [0.15, 0.2) is 54.6 Å². The summed E-state index contributed by atoms with van der Waals surface area (Å²) in [6.45, 7) is 3.52. The Morgan fingerprint density at radius 3 is 2.50 bits per heavy atom. The van der Waals surface area contributed by atoms with E-state index in [9.17, 15) is 9.90 Å². The normalized spacial score (nSPS) is 16.4. The molecule has 0 bridgehead atoms. The summed E-state index contributed by atoms with van der Waals surface area (Å²) in [6, 6.07) is 18.3. The number of likely N-dealkylation sites (tertiary alicyclic amines) is 1. The number of amides is 1. The Balaban J connectivity index is 1.41. The van der Waals surface area contributed by atoms with Crippen molar-refractivity contribution in [3.63, 3.8) is 0 Å². The van der Waals surface area contributed by atoms with Crippen molar-refractivity contribution in [3.8, 4) is 0 Å². The highest BCUT2D eigenvalue weighted by Gasteiger charge is 2.25. The predicted octanol–water partition coefficient (Wildman–Crippen LogP) is 3.57. The highest BCUT2D eigenvalue weighted by atomic mass is 16.3. The molecule has 5 nitrogen and oxygen atoms in total. The fourth-order valence-electron chi connectivity index (χ4n) is 4.15. The van der Waals surface area contributed by atoms with Crippen LogP contribution < -0.4 is 0 Å². The monoisotopic (exact) mass is 377 g/mol. The lowest BCUT2D eigenvalue weighted by atomic mass is 9.90. The second kappa shape index (κ2) is 8.15. The van der Waals surface area contributed by atoms with Crippen molar-refractivity contribution in [3.05, 3.63) is 66.0 Å². The van der Waals surface area contributed by atoms with E-state index in [2.05, 4.69) is 29.2 Å². The molecule has 1 atom stereocenters. The molecule has 0 saturated carbocycles. The highest BCUT2D eigenvalue weighted by molar-refractivity contribution is 5.81. The van der Waals surface area contributed by atoms with E-state index in [1.165, 1.54) is 5.56 Å². The summed E-state index contributed by atoms with van der Waals surface area (Å²) in [6.07, 6.45) is 2.45. The van der Waals surface area contributed by atoms with Crippen LogP contribution in [0.3, 0.4) is 0 Å². The zero-order chi connectivity index (χ0) is 19.5. The van der Waals surface area contributed by atoms with Gasteiger partial charge in [-0.15, -0.1) is 0 Å². The Morgan fingerprint density at radius 2 is 1.79 bits per heavy atom. The first-order valence-electron chi connectivity index (χ1n) is 10.1. The van der Waals surface area contributed by atoms with Gasteiger partial charge in [-0.1, -0.05) is 42.5 Å². The Kier molecular flexibility index (Phi) is 5.44. The largest absolute Gasteiger partial charge is 0.385 e. The number of aliphatic hydroxyl groups excluding tert-OH is 1. The SMILES string of the molecule is C[C@@H](O)c1nc2ccccc2n1CC(=O)N1CCC(Cc2ccccc2)CC1. The number of carbonyl (C=O) groups is 1. The number of para-hydroxylation sites is 2. The van der Waals surface area contributed by atoms with Crippen LogP contribution in [0, 0.1) is 5.92 Å². The van der Waals surface area contributed by atoms with Gasteiger partial charge in [0, 0.05) is 13.1 Å². The van der Waals surface area contributed by atoms with Crippen LogP contribution in [-0.4, -0.2) is 38.6 Å². The van der Waals surface area contributed by atoms with E-state index in [0.29, 0.717) is 11.7 Å². The van der Waals surface area contributed by atoms with Crippen LogP contribution in [0.1, 0.15) is 37.3 Å². The maximum Gasteiger partial charge on any atom is 0.242 e. The number of nitrogens with zero attached hydrogens (tertiary/aromatic N) is 3. The molecule has 5 heteroatoms. The molecule has 2 heterocycles. The van der Waals surface area contributed by atoms with Gasteiger partial charge in [-0.05, 0) is 49.8 Å². The molecule has 28 heavy (non-hydrogen) atoms. The Bertz CT molecular complexity index is 941. The number of aliphatic hydroxyl groups is 1. The van der Waals surface area contributed by atoms with Crippen molar-refractivity contribution in [1.82, 2.24) is 14.5 Å². The van der Waals surface area contributed by atoms with Gasteiger partial charge in [0.25, 0.3) is 0 Å². The molecule has 0 aliphatic carbocycles. The second-order valence-electron chi connectivity index (χ2n) is 7.73. The number of imidazole rings is 1. The molecule has 1 saturated heterocycles. The number of benzene rings is 2. The average Bonchev–Trinajstić information content (AvgIpc) is 3.08. The molecule has 1 aromatic heterocycles. The van der Waals surface area contributed by atoms with E-state index in [4.69, 9.17) is 0 Å². The Labute approximate surface area is 165 Å². The smallest absolute Gasteiger partial charge is 0.242 e. The minimum atomic E-state index is -0.711. The van der Waals surface area contributed by atoms with Crippen molar-refractivity contribution in [1.29, 1.82) is 0 Å². The molecule has 1 aliphatic rings. The first-order valence-corrected chi connectivity index (χ1v) is 10.1. The van der Waals surface area contributed by atoms with Crippen LogP contribution in [0.4, 0.5) is 0 Å². The van der Waals surface area contributed by atoms with Crippen molar-refractivity contribution in [2.45, 2.75) is 38.8 Å². The van der Waals surface area contributed by atoms with Crippen molar-refractivity contribution < 1.29 is 9.90 Å². The number of aromatic nitrogens is 2. The van der Waals surface area contributed by atoms with Gasteiger partial charge in [-0.3, -0.25) is 4.79 Å². The minimum absolute atomic E-state index is 0.100. The van der Waals surface area contributed by atoms with Crippen molar-refractivity contribution in [2.24, 2.45) is 5.92 Å². The number of fused-ring (bicyclic) bond motifs is 1. The molecule has 1 fully saturated rings. The molecule has 0 spiro atoms. The molecule has 1 aliphatic heterocycles. The average molecular weight is 377 g/mol. The lowest BCUT2D eigenvalue weighted by Crippen LogP contribution is -2.40. The van der Waals surface area contributed by atoms with Gasteiger partial charge in [0.2, 0.25) is 5.91 Å². The summed E-state index contributed by atoms with van der Waals surface area (Å²) in [5, 5.41) is 10.1. The zero-order valence-corrected chi connectivity index (χ0v) is 16.3. The van der Waals surface area contributed by atoms with Crippen molar-refractivity contribution in [2.75, 3.05) is 13.1 Å². The highest BCUT2D eigenvalue weighted by Crippen LogP contribution is 2.24. The fourth-order valence-corrected chi connectivity index (χ4v) is 4.15. The summed E-state index contributed by atoms with van der Waals surface area (Å²) in [4.78, 5) is 19.4. The van der Waals surface area contributed by atoms with E-state index in [0.717, 1.165) is 43.4 Å². The summed E-state index contributed by atoms with van der Waals surface area (Å²) in [7, 11) is 0. The zero-order valence-electron chi connectivity index (χ0n) is 16.3. The summed E-state index contributed by atoms with van der Waals surface area (Å²) in [5.74, 6) is 1.28. The molecule has 0 unspecified atom stereocenters. The standard InChI is InChI=1S/C23H27N3O2/c1-17(27)23-24-20-9-5-6-10-21(20)26(23)16-22(28)25-13-11-19(12-14-25)15-18-7-3-2-4-8-18/h2-10,17,19,27H,11-16H2,1H3/t17-/m1/s1. The van der Waals surface area contributed by atoms with Gasteiger partial charge < -0.3 is 14.6 Å². The Morgan fingerprint density at radius 1 is 1.11 bits per heavy atom. The number of hydrogen-bond donors (Lipinski definition) is 1. The van der Waals surface area contributed by atoms with E-state index < -0.39 is 6.10 Å². The number of rotatable bonds is 5. The summed E-state index contributed by atoms with van der Waals surface area (Å²) < 4.78 is 1.86. The molecular formula is C23H27N3O2. The molecule has 1 N–H and O–H groups in total. The molecule has 1 amide bonds. The first-order chi connectivity index (χ1) is 13.6. The van der Waals surface area contributed by atoms with E-state index in [1.54, 1.807) is 6.92 Å². The third-order valence-electron chi connectivity index (χ3n) is 5.69. The van der Waals surface area contributed by atoms with Gasteiger partial charge in [0.1, 0.15) is 18.5 Å². The molecule has 0 radical (unpaired) electrons. The van der Waals surface area contributed by atoms with Crippen LogP contribution in [0.5, 0.6) is 0 Å². The third kappa shape index (κ3) is 3.94. The second-order valence-corrected chi connectivity index (χ2v) is 7.73. The minimum Gasteiger partial charge on any atom is -0.385 e. The Hall–Kier alpha value is -2.66. The predicted molar refractivity (Wildman–Crippen MR) is 110 cm³/mol. The molecule has 2 aromatic carbocycles. The lowest BCUT2D eigenvalue weighted by Gasteiger charge is -2.32. The van der Waals surface area contributed by atoms with Crippen molar-refractivity contribution >= 4 is 16.9 Å². The van der Waals surface area contributed by atoms with Crippen LogP contribution >= 0.6 is 0 Å². The van der Waals surface area contributed by atoms with Crippen LogP contribution in [-0.2, 0) is 17.8 Å². The number of carbonyl (C=O) groups excluding carboxylic acids is 1. The molecular weight excluding hydrogens is 350 g/mol. The topological polar surface area (TPSA) is 58.4 Å². The number of piperidine rings is 1. The lowest BCUT2D eigenvalue weighted by molar-refractivity contribution is -0.133. The van der Waals surface area contributed by atoms with Crippen LogP contribution in [0.25, 0.3) is 11.0 Å². The quantitative estimate of drug-likeness (QED) is 0.739. The van der Waals surface area contributed by atoms with Gasteiger partial charge >= 0.3 is 0 Å². The first kappa shape index (κ1) is 18.7. The summed E-state index contributed by atoms with van der Waals surface area (Å²) in [5.41, 5.74) is 3.08. The third-order valence-corrected chi connectivity index (χ3v) is 5.69. The molecule has 146 valence electrons. The molecule has 4 rings (SSSR count). The maximum atomic E-state index is 12.9. The fraction of sp³-hybridized carbons (Fsp3) is 0.391. The van der Waals surface area contributed by atoms with Gasteiger partial charge in [-0.25, -0.2) is 4.98 Å².